The van der Waals surface area contributed by atoms with Crippen LogP contribution in [0.1, 0.15) is 38.5 Å². The van der Waals surface area contributed by atoms with Gasteiger partial charge in [-0.05, 0) is 25.2 Å². The van der Waals surface area contributed by atoms with Crippen LogP contribution in [0.5, 0.6) is 0 Å². The quantitative estimate of drug-likeness (QED) is 0.733. The van der Waals surface area contributed by atoms with Crippen molar-refractivity contribution in [1.29, 1.82) is 0 Å². The Kier molecular flexibility index (Phi) is 5.28. The molecule has 0 aromatic rings. The minimum Gasteiger partial charge on any atom is -0.481 e. The minimum atomic E-state index is -0.658. The number of carboxylic acids is 1. The van der Waals surface area contributed by atoms with Gasteiger partial charge in [-0.15, -0.1) is 0 Å². The van der Waals surface area contributed by atoms with Crippen molar-refractivity contribution in [3.63, 3.8) is 0 Å². The number of aliphatic carboxylic acids is 1. The van der Waals surface area contributed by atoms with Gasteiger partial charge in [0.15, 0.2) is 0 Å². The first-order valence-corrected chi connectivity index (χ1v) is 7.56. The number of carbonyl (C=O) groups is 1. The Morgan fingerprint density at radius 3 is 2.68 bits per heavy atom. The number of nitrogens with two attached hydrogens (primary N) is 1. The van der Waals surface area contributed by atoms with Crippen LogP contribution in [0.4, 0.5) is 0 Å². The molecule has 1 saturated carbocycles. The van der Waals surface area contributed by atoms with Gasteiger partial charge in [0.25, 0.3) is 0 Å². The van der Waals surface area contributed by atoms with E-state index in [-0.39, 0.29) is 17.9 Å². The lowest BCUT2D eigenvalue weighted by Gasteiger charge is -2.36. The lowest BCUT2D eigenvalue weighted by atomic mass is 9.88. The van der Waals surface area contributed by atoms with E-state index in [1.54, 1.807) is 0 Å². The van der Waals surface area contributed by atoms with E-state index in [1.165, 1.54) is 12.8 Å². The van der Waals surface area contributed by atoms with Gasteiger partial charge in [0.05, 0.1) is 13.8 Å². The van der Waals surface area contributed by atoms with E-state index in [0.717, 1.165) is 32.2 Å². The molecule has 2 radical (unpaired) electrons. The smallest absolute Gasteiger partial charge is 0.308 e. The molecule has 2 fully saturated rings. The molecule has 19 heavy (non-hydrogen) atoms. The van der Waals surface area contributed by atoms with Gasteiger partial charge >= 0.3 is 5.97 Å². The summed E-state index contributed by atoms with van der Waals surface area (Å²) in [6.45, 7) is 1.55. The van der Waals surface area contributed by atoms with Crippen LogP contribution in [-0.4, -0.2) is 49.0 Å². The Balaban J connectivity index is 1.98. The lowest BCUT2D eigenvalue weighted by Crippen LogP contribution is -2.49. The van der Waals surface area contributed by atoms with Gasteiger partial charge < -0.3 is 10.8 Å². The van der Waals surface area contributed by atoms with Gasteiger partial charge in [0, 0.05) is 25.2 Å². The second-order valence-electron chi connectivity index (χ2n) is 6.11. The number of hydrogen-bond acceptors (Lipinski definition) is 3. The third kappa shape index (κ3) is 3.51. The Morgan fingerprint density at radius 1 is 1.32 bits per heavy atom. The number of carboxylic acid groups (broad SMARTS) is 1. The third-order valence-electron chi connectivity index (χ3n) is 4.82. The van der Waals surface area contributed by atoms with Crippen molar-refractivity contribution in [3.05, 3.63) is 0 Å². The van der Waals surface area contributed by atoms with Gasteiger partial charge in [-0.1, -0.05) is 25.6 Å². The van der Waals surface area contributed by atoms with Crippen molar-refractivity contribution < 1.29 is 9.90 Å². The highest BCUT2D eigenvalue weighted by Gasteiger charge is 2.41. The van der Waals surface area contributed by atoms with E-state index in [0.29, 0.717) is 18.9 Å². The second-order valence-corrected chi connectivity index (χ2v) is 6.11. The molecule has 0 spiro atoms. The average molecular weight is 264 g/mol. The van der Waals surface area contributed by atoms with Crippen LogP contribution in [-0.2, 0) is 4.79 Å². The van der Waals surface area contributed by atoms with Crippen molar-refractivity contribution in [2.45, 2.75) is 56.9 Å². The van der Waals surface area contributed by atoms with Crippen LogP contribution >= 0.6 is 0 Å². The molecule has 1 saturated heterocycles. The van der Waals surface area contributed by atoms with Crippen LogP contribution in [0.15, 0.2) is 0 Å². The van der Waals surface area contributed by atoms with E-state index in [4.69, 9.17) is 13.6 Å². The van der Waals surface area contributed by atoms with Crippen molar-refractivity contribution in [1.82, 2.24) is 4.90 Å². The van der Waals surface area contributed by atoms with Gasteiger partial charge in [-0.25, -0.2) is 0 Å². The molecule has 2 unspecified atom stereocenters. The molecule has 106 valence electrons. The van der Waals surface area contributed by atoms with Gasteiger partial charge in [-0.2, -0.15) is 0 Å². The molecule has 2 rings (SSSR count). The fraction of sp³-hybridized carbons (Fsp3) is 0.929. The molecule has 0 aromatic heterocycles. The van der Waals surface area contributed by atoms with Crippen LogP contribution in [0.2, 0.25) is 6.32 Å². The summed E-state index contributed by atoms with van der Waals surface area (Å²) in [7, 11) is 5.55. The van der Waals surface area contributed by atoms with Crippen molar-refractivity contribution in [3.8, 4) is 0 Å². The summed E-state index contributed by atoms with van der Waals surface area (Å²) < 4.78 is 0. The van der Waals surface area contributed by atoms with Crippen molar-refractivity contribution >= 4 is 13.8 Å². The molecule has 4 nitrogen and oxygen atoms in total. The standard InChI is InChI=1S/C14H25BN2O2/c15-7-3-4-10-8-17(9-11(10)14(18)19)13-6-2-1-5-12(13)16/h10-13H,1-9,16H2,(H,18,19)/t10-,11+,12?,13?/m0/s1. The first kappa shape index (κ1) is 14.9. The minimum absolute atomic E-state index is 0.219. The van der Waals surface area contributed by atoms with E-state index in [9.17, 15) is 9.90 Å². The summed E-state index contributed by atoms with van der Waals surface area (Å²) >= 11 is 0. The molecule has 5 heteroatoms. The fourth-order valence-electron chi connectivity index (χ4n) is 3.72. The second kappa shape index (κ2) is 6.75. The highest BCUT2D eigenvalue weighted by molar-refractivity contribution is 6.08. The van der Waals surface area contributed by atoms with Gasteiger partial charge in [0.2, 0.25) is 0 Å². The van der Waals surface area contributed by atoms with Gasteiger partial charge in [-0.3, -0.25) is 9.69 Å². The first-order chi connectivity index (χ1) is 9.13. The summed E-state index contributed by atoms with van der Waals surface area (Å²) in [6.07, 6.45) is 7.12. The zero-order valence-electron chi connectivity index (χ0n) is 11.6. The maximum absolute atomic E-state index is 11.4. The zero-order valence-corrected chi connectivity index (χ0v) is 11.6. The predicted molar refractivity (Wildman–Crippen MR) is 76.2 cm³/mol. The molecule has 4 atom stereocenters. The monoisotopic (exact) mass is 264 g/mol. The molecule has 0 amide bonds. The molecule has 3 N–H and O–H groups in total. The summed E-state index contributed by atoms with van der Waals surface area (Å²) in [5.41, 5.74) is 6.22. The SMILES string of the molecule is [B]CCC[C@H]1CN(C2CCCCC2N)C[C@H]1C(=O)O. The van der Waals surface area contributed by atoms with E-state index >= 15 is 0 Å². The maximum atomic E-state index is 11.4. The molecular weight excluding hydrogens is 239 g/mol. The van der Waals surface area contributed by atoms with E-state index in [2.05, 4.69) is 4.90 Å². The Morgan fingerprint density at radius 2 is 2.05 bits per heavy atom. The predicted octanol–water partition coefficient (Wildman–Crippen LogP) is 1.26. The number of likely N-dealkylation sites (tertiary alicyclic amines) is 1. The summed E-state index contributed by atoms with van der Waals surface area (Å²) in [5.74, 6) is -0.648. The Hall–Kier alpha value is -0.545. The fourth-order valence-corrected chi connectivity index (χ4v) is 3.72. The molecule has 1 heterocycles. The number of rotatable bonds is 5. The average Bonchev–Trinajstić information content (AvgIpc) is 2.81. The van der Waals surface area contributed by atoms with Crippen molar-refractivity contribution in [2.24, 2.45) is 17.6 Å². The van der Waals surface area contributed by atoms with Crippen LogP contribution in [0.25, 0.3) is 0 Å². The summed E-state index contributed by atoms with van der Waals surface area (Å²) in [5, 5.41) is 9.38. The van der Waals surface area contributed by atoms with Crippen LogP contribution in [0.3, 0.4) is 0 Å². The molecule has 1 aliphatic heterocycles. The lowest BCUT2D eigenvalue weighted by molar-refractivity contribution is -0.142. The molecule has 0 bridgehead atoms. The zero-order chi connectivity index (χ0) is 13.8. The highest BCUT2D eigenvalue weighted by Crippen LogP contribution is 2.33. The first-order valence-electron chi connectivity index (χ1n) is 7.56. The summed E-state index contributed by atoms with van der Waals surface area (Å²) in [4.78, 5) is 13.7. The maximum Gasteiger partial charge on any atom is 0.308 e. The summed E-state index contributed by atoms with van der Waals surface area (Å²) in [6, 6.07) is 0.606. The van der Waals surface area contributed by atoms with Crippen molar-refractivity contribution in [2.75, 3.05) is 13.1 Å². The normalized spacial score (nSPS) is 36.5. The third-order valence-corrected chi connectivity index (χ3v) is 4.82. The largest absolute Gasteiger partial charge is 0.481 e. The van der Waals surface area contributed by atoms with E-state index in [1.807, 2.05) is 0 Å². The van der Waals surface area contributed by atoms with E-state index < -0.39 is 5.97 Å². The molecular formula is C14H25BN2O2. The molecule has 1 aliphatic carbocycles. The van der Waals surface area contributed by atoms with Gasteiger partial charge in [0.1, 0.15) is 0 Å². The molecule has 0 aromatic carbocycles. The Labute approximate surface area is 117 Å². The number of hydrogen-bond donors (Lipinski definition) is 2. The van der Waals surface area contributed by atoms with Crippen LogP contribution in [0, 0.1) is 11.8 Å². The topological polar surface area (TPSA) is 66.6 Å². The number of nitrogens with zero attached hydrogens (tertiary/aromatic N) is 1. The highest BCUT2D eigenvalue weighted by atomic mass is 16.4. The van der Waals surface area contributed by atoms with Crippen LogP contribution < -0.4 is 5.73 Å². The molecule has 2 aliphatic rings. The Bertz CT molecular complexity index is 314.